The average molecular weight is 480 g/mol. The molecule has 0 aliphatic carbocycles. The summed E-state index contributed by atoms with van der Waals surface area (Å²) in [5, 5.41) is 2.34. The Morgan fingerprint density at radius 2 is 1.85 bits per heavy atom. The third-order valence-corrected chi connectivity index (χ3v) is 8.03. The lowest BCUT2D eigenvalue weighted by molar-refractivity contribution is -0.117. The first kappa shape index (κ1) is 20.3. The third kappa shape index (κ3) is 4.91. The number of benzene rings is 1. The predicted octanol–water partition coefficient (Wildman–Crippen LogP) is 2.73. The number of halogens is 3. The van der Waals surface area contributed by atoms with Gasteiger partial charge in [0.25, 0.3) is 10.0 Å². The van der Waals surface area contributed by atoms with E-state index in [4.69, 9.17) is 0 Å². The molecule has 0 saturated carbocycles. The van der Waals surface area contributed by atoms with Crippen LogP contribution in [0.1, 0.15) is 0 Å². The summed E-state index contributed by atoms with van der Waals surface area (Å²) < 4.78 is 54.3. The first-order chi connectivity index (χ1) is 12.8. The molecule has 1 fully saturated rings. The summed E-state index contributed by atoms with van der Waals surface area (Å²) in [5.74, 6) is -1.86. The molecule has 2 aromatic rings. The molecule has 11 heteroatoms. The fourth-order valence-electron chi connectivity index (χ4n) is 2.68. The summed E-state index contributed by atoms with van der Waals surface area (Å²) in [6.07, 6.45) is 0. The monoisotopic (exact) mass is 479 g/mol. The van der Waals surface area contributed by atoms with Crippen molar-refractivity contribution >= 4 is 48.9 Å². The zero-order chi connectivity index (χ0) is 19.6. The summed E-state index contributed by atoms with van der Waals surface area (Å²) in [6.45, 7) is 1.20. The van der Waals surface area contributed by atoms with Crippen molar-refractivity contribution in [2.45, 2.75) is 4.21 Å². The van der Waals surface area contributed by atoms with Gasteiger partial charge >= 0.3 is 0 Å². The van der Waals surface area contributed by atoms with Gasteiger partial charge in [0, 0.05) is 32.2 Å². The number of amides is 1. The third-order valence-electron chi connectivity index (χ3n) is 4.04. The van der Waals surface area contributed by atoms with Crippen LogP contribution in [-0.2, 0) is 14.8 Å². The van der Waals surface area contributed by atoms with Crippen LogP contribution in [0.3, 0.4) is 0 Å². The Hall–Kier alpha value is -1.40. The van der Waals surface area contributed by atoms with E-state index in [-0.39, 0.29) is 29.5 Å². The number of rotatable bonds is 5. The molecule has 2 heterocycles. The van der Waals surface area contributed by atoms with Crippen molar-refractivity contribution in [1.29, 1.82) is 0 Å². The highest BCUT2D eigenvalue weighted by atomic mass is 79.9. The fourth-order valence-corrected chi connectivity index (χ4v) is 6.26. The van der Waals surface area contributed by atoms with E-state index in [1.807, 2.05) is 0 Å². The molecule has 1 aliphatic rings. The molecule has 0 bridgehead atoms. The topological polar surface area (TPSA) is 69.7 Å². The Bertz CT molecular complexity index is 944. The highest BCUT2D eigenvalue weighted by molar-refractivity contribution is 9.11. The van der Waals surface area contributed by atoms with Crippen molar-refractivity contribution in [2.24, 2.45) is 0 Å². The maximum absolute atomic E-state index is 13.6. The molecular formula is C16H16BrF2N3O3S2. The van der Waals surface area contributed by atoms with E-state index in [2.05, 4.69) is 21.2 Å². The van der Waals surface area contributed by atoms with Gasteiger partial charge in [-0.1, -0.05) is 0 Å². The standard InChI is InChI=1S/C16H16BrF2N3O3S2/c17-14-3-4-16(26-14)27(24,25)22-7-5-21(6-8-22)10-15(23)20-13-9-11(18)1-2-12(13)19/h1-4,9H,5-8,10H2,(H,20,23). The molecule has 0 atom stereocenters. The first-order valence-electron chi connectivity index (χ1n) is 7.98. The predicted molar refractivity (Wildman–Crippen MR) is 102 cm³/mol. The van der Waals surface area contributed by atoms with Gasteiger partial charge in [0.2, 0.25) is 5.91 Å². The molecular weight excluding hydrogens is 464 g/mol. The summed E-state index contributed by atoms with van der Waals surface area (Å²) in [4.78, 5) is 13.8. The highest BCUT2D eigenvalue weighted by Crippen LogP contribution is 2.28. The summed E-state index contributed by atoms with van der Waals surface area (Å²) in [7, 11) is -3.55. The number of thiophene rings is 1. The molecule has 1 saturated heterocycles. The van der Waals surface area contributed by atoms with Crippen LogP contribution in [0.4, 0.5) is 14.5 Å². The maximum atomic E-state index is 13.6. The van der Waals surface area contributed by atoms with E-state index < -0.39 is 27.6 Å². The minimum absolute atomic E-state index is 0.0333. The number of anilines is 1. The van der Waals surface area contributed by atoms with Crippen molar-refractivity contribution in [2.75, 3.05) is 38.0 Å². The second-order valence-electron chi connectivity index (χ2n) is 5.91. The van der Waals surface area contributed by atoms with Crippen molar-refractivity contribution in [3.8, 4) is 0 Å². The van der Waals surface area contributed by atoms with E-state index >= 15 is 0 Å². The Morgan fingerprint density at radius 1 is 1.15 bits per heavy atom. The lowest BCUT2D eigenvalue weighted by Gasteiger charge is -2.33. The van der Waals surface area contributed by atoms with Gasteiger partial charge in [-0.2, -0.15) is 4.31 Å². The van der Waals surface area contributed by atoms with Gasteiger partial charge in [0.05, 0.1) is 16.0 Å². The van der Waals surface area contributed by atoms with E-state index in [1.165, 1.54) is 4.31 Å². The second kappa shape index (κ2) is 8.31. The van der Waals surface area contributed by atoms with Crippen molar-refractivity contribution in [3.05, 3.63) is 45.8 Å². The lowest BCUT2D eigenvalue weighted by Crippen LogP contribution is -2.50. The van der Waals surface area contributed by atoms with E-state index in [0.29, 0.717) is 13.1 Å². The number of carbonyl (C=O) groups excluding carboxylic acids is 1. The SMILES string of the molecule is O=C(CN1CCN(S(=O)(=O)c2ccc(Br)s2)CC1)Nc1cc(F)ccc1F. The normalized spacial score (nSPS) is 16.4. The van der Waals surface area contributed by atoms with Crippen LogP contribution in [-0.4, -0.2) is 56.3 Å². The molecule has 1 aromatic carbocycles. The van der Waals surface area contributed by atoms with Crippen LogP contribution >= 0.6 is 27.3 Å². The van der Waals surface area contributed by atoms with Gasteiger partial charge < -0.3 is 5.32 Å². The molecule has 146 valence electrons. The minimum atomic E-state index is -3.55. The fraction of sp³-hybridized carbons (Fsp3) is 0.312. The first-order valence-corrected chi connectivity index (χ1v) is 11.0. The Morgan fingerprint density at radius 3 is 2.48 bits per heavy atom. The zero-order valence-electron chi connectivity index (χ0n) is 14.0. The number of carbonyl (C=O) groups is 1. The van der Waals surface area contributed by atoms with Gasteiger partial charge in [-0.05, 0) is 40.2 Å². The molecule has 6 nitrogen and oxygen atoms in total. The molecule has 1 amide bonds. The number of piperazine rings is 1. The van der Waals surface area contributed by atoms with Crippen LogP contribution in [0, 0.1) is 11.6 Å². The maximum Gasteiger partial charge on any atom is 0.252 e. The number of nitrogens with one attached hydrogen (secondary N) is 1. The molecule has 0 radical (unpaired) electrons. The van der Waals surface area contributed by atoms with Gasteiger partial charge in [0.1, 0.15) is 15.8 Å². The molecule has 3 rings (SSSR count). The quantitative estimate of drug-likeness (QED) is 0.715. The van der Waals surface area contributed by atoms with Crippen LogP contribution in [0.2, 0.25) is 0 Å². The Labute approximate surface area is 168 Å². The molecule has 0 unspecified atom stereocenters. The summed E-state index contributed by atoms with van der Waals surface area (Å²) in [5.41, 5.74) is -0.218. The Kier molecular flexibility index (Phi) is 6.26. The minimum Gasteiger partial charge on any atom is -0.322 e. The van der Waals surface area contributed by atoms with Gasteiger partial charge in [-0.25, -0.2) is 17.2 Å². The van der Waals surface area contributed by atoms with E-state index in [1.54, 1.807) is 17.0 Å². The number of hydrogen-bond acceptors (Lipinski definition) is 5. The lowest BCUT2D eigenvalue weighted by atomic mass is 10.3. The van der Waals surface area contributed by atoms with E-state index in [0.717, 1.165) is 33.3 Å². The van der Waals surface area contributed by atoms with Crippen LogP contribution in [0.15, 0.2) is 38.3 Å². The summed E-state index contributed by atoms with van der Waals surface area (Å²) >= 11 is 4.40. The molecule has 0 spiro atoms. The van der Waals surface area contributed by atoms with Gasteiger partial charge in [-0.3, -0.25) is 9.69 Å². The summed E-state index contributed by atoms with van der Waals surface area (Å²) in [6, 6.07) is 6.06. The highest BCUT2D eigenvalue weighted by Gasteiger charge is 2.30. The van der Waals surface area contributed by atoms with E-state index in [9.17, 15) is 22.0 Å². The van der Waals surface area contributed by atoms with Crippen LogP contribution in [0.25, 0.3) is 0 Å². The number of hydrogen-bond donors (Lipinski definition) is 1. The largest absolute Gasteiger partial charge is 0.322 e. The molecule has 1 aromatic heterocycles. The molecule has 27 heavy (non-hydrogen) atoms. The number of nitrogens with zero attached hydrogens (tertiary/aromatic N) is 2. The molecule has 1 aliphatic heterocycles. The van der Waals surface area contributed by atoms with Gasteiger partial charge in [-0.15, -0.1) is 11.3 Å². The van der Waals surface area contributed by atoms with Crippen LogP contribution < -0.4 is 5.32 Å². The molecule has 1 N–H and O–H groups in total. The van der Waals surface area contributed by atoms with Crippen molar-refractivity contribution < 1.29 is 22.0 Å². The average Bonchev–Trinajstić information content (AvgIpc) is 3.06. The van der Waals surface area contributed by atoms with Gasteiger partial charge in [0.15, 0.2) is 0 Å². The van der Waals surface area contributed by atoms with Crippen molar-refractivity contribution in [1.82, 2.24) is 9.21 Å². The van der Waals surface area contributed by atoms with Crippen LogP contribution in [0.5, 0.6) is 0 Å². The van der Waals surface area contributed by atoms with Crippen molar-refractivity contribution in [3.63, 3.8) is 0 Å². The number of sulfonamides is 1. The Balaban J connectivity index is 1.55. The zero-order valence-corrected chi connectivity index (χ0v) is 17.2. The second-order valence-corrected chi connectivity index (χ2v) is 10.5. The smallest absolute Gasteiger partial charge is 0.252 e.